The van der Waals surface area contributed by atoms with Gasteiger partial charge in [-0.05, 0) is 34.6 Å². The minimum atomic E-state index is -4.89. The minimum absolute atomic E-state index is 0.00479. The number of rotatable bonds is 4. The summed E-state index contributed by atoms with van der Waals surface area (Å²) in [6.45, 7) is 0. The van der Waals surface area contributed by atoms with E-state index in [0.29, 0.717) is 6.07 Å². The molecule has 2 aromatic carbocycles. The van der Waals surface area contributed by atoms with E-state index in [0.717, 1.165) is 12.1 Å². The zero-order valence-corrected chi connectivity index (χ0v) is 14.1. The van der Waals surface area contributed by atoms with Gasteiger partial charge >= 0.3 is 6.18 Å². The van der Waals surface area contributed by atoms with E-state index in [1.165, 1.54) is 18.2 Å². The first-order chi connectivity index (χ1) is 13.8. The molecule has 0 amide bonds. The summed E-state index contributed by atoms with van der Waals surface area (Å²) in [7, 11) is 0. The third kappa shape index (κ3) is 3.63. The molecule has 0 aliphatic carbocycles. The van der Waals surface area contributed by atoms with Crippen LogP contribution in [0.15, 0.2) is 47.1 Å². The molecule has 0 bridgehead atoms. The molecular formula is C17H9F5N6O. The Hall–Kier alpha value is -3.83. The van der Waals surface area contributed by atoms with Crippen LogP contribution in [-0.4, -0.2) is 20.3 Å². The number of benzene rings is 2. The van der Waals surface area contributed by atoms with Crippen molar-refractivity contribution in [2.45, 2.75) is 6.18 Å². The van der Waals surface area contributed by atoms with Crippen molar-refractivity contribution in [2.75, 3.05) is 10.6 Å². The maximum absolute atomic E-state index is 14.4. The van der Waals surface area contributed by atoms with Gasteiger partial charge in [0.15, 0.2) is 17.5 Å². The number of aromatic nitrogens is 4. The van der Waals surface area contributed by atoms with Crippen molar-refractivity contribution in [3.63, 3.8) is 0 Å². The highest BCUT2D eigenvalue weighted by Crippen LogP contribution is 2.35. The first-order valence-electron chi connectivity index (χ1n) is 7.97. The predicted octanol–water partition coefficient (Wildman–Crippen LogP) is 4.80. The molecule has 7 nitrogen and oxygen atoms in total. The van der Waals surface area contributed by atoms with Gasteiger partial charge in [-0.2, -0.15) is 13.2 Å². The molecule has 2 heterocycles. The fourth-order valence-corrected chi connectivity index (χ4v) is 2.48. The SMILES string of the molecule is Fc1ccccc1Nc1nc2nonc2nc1Nc1cccc(C(F)(F)F)c1F. The van der Waals surface area contributed by atoms with Crippen LogP contribution in [-0.2, 0) is 6.18 Å². The maximum atomic E-state index is 14.4. The van der Waals surface area contributed by atoms with E-state index >= 15 is 0 Å². The smallest absolute Gasteiger partial charge is 0.335 e. The van der Waals surface area contributed by atoms with Crippen LogP contribution in [0.25, 0.3) is 11.3 Å². The van der Waals surface area contributed by atoms with Crippen molar-refractivity contribution >= 4 is 34.3 Å². The third-order valence-electron chi connectivity index (χ3n) is 3.80. The summed E-state index contributed by atoms with van der Waals surface area (Å²) in [6.07, 6.45) is -4.89. The number of nitrogens with zero attached hydrogens (tertiary/aromatic N) is 4. The molecule has 29 heavy (non-hydrogen) atoms. The molecule has 2 N–H and O–H groups in total. The fourth-order valence-electron chi connectivity index (χ4n) is 2.48. The van der Waals surface area contributed by atoms with Gasteiger partial charge in [-0.1, -0.05) is 18.2 Å². The Labute approximate surface area is 158 Å². The van der Waals surface area contributed by atoms with Crippen LogP contribution in [0.4, 0.5) is 45.0 Å². The average Bonchev–Trinajstić information content (AvgIpc) is 3.11. The van der Waals surface area contributed by atoms with E-state index in [9.17, 15) is 22.0 Å². The van der Waals surface area contributed by atoms with Crippen molar-refractivity contribution in [1.82, 2.24) is 20.3 Å². The molecule has 4 rings (SSSR count). The van der Waals surface area contributed by atoms with Crippen LogP contribution in [0, 0.1) is 11.6 Å². The Bertz CT molecular complexity index is 1190. The molecule has 0 fully saturated rings. The molecule has 0 aliphatic heterocycles. The van der Waals surface area contributed by atoms with E-state index in [-0.39, 0.29) is 28.6 Å². The number of nitrogens with one attached hydrogen (secondary N) is 2. The number of halogens is 5. The molecule has 0 unspecified atom stereocenters. The van der Waals surface area contributed by atoms with Gasteiger partial charge in [0, 0.05) is 0 Å². The van der Waals surface area contributed by atoms with Crippen LogP contribution in [0.3, 0.4) is 0 Å². The second-order valence-electron chi connectivity index (χ2n) is 5.73. The maximum Gasteiger partial charge on any atom is 0.419 e. The van der Waals surface area contributed by atoms with E-state index < -0.39 is 29.1 Å². The highest BCUT2D eigenvalue weighted by molar-refractivity contribution is 5.79. The summed E-state index contributed by atoms with van der Waals surface area (Å²) in [5.41, 5.74) is -2.09. The van der Waals surface area contributed by atoms with Crippen molar-refractivity contribution in [1.29, 1.82) is 0 Å². The lowest BCUT2D eigenvalue weighted by Gasteiger charge is -2.14. The molecule has 0 spiro atoms. The predicted molar refractivity (Wildman–Crippen MR) is 91.8 cm³/mol. The van der Waals surface area contributed by atoms with Gasteiger partial charge < -0.3 is 10.6 Å². The zero-order chi connectivity index (χ0) is 20.6. The molecular weight excluding hydrogens is 399 g/mol. The monoisotopic (exact) mass is 408 g/mol. The lowest BCUT2D eigenvalue weighted by molar-refractivity contribution is -0.139. The van der Waals surface area contributed by atoms with Gasteiger partial charge in [0.2, 0.25) is 11.3 Å². The summed E-state index contributed by atoms with van der Waals surface area (Å²) in [5.74, 6) is -2.49. The number of hydrogen-bond acceptors (Lipinski definition) is 7. The van der Waals surface area contributed by atoms with E-state index in [1.807, 2.05) is 0 Å². The lowest BCUT2D eigenvalue weighted by Crippen LogP contribution is -2.10. The van der Waals surface area contributed by atoms with E-state index in [1.54, 1.807) is 6.07 Å². The Morgan fingerprint density at radius 2 is 1.34 bits per heavy atom. The second-order valence-corrected chi connectivity index (χ2v) is 5.73. The Morgan fingerprint density at radius 1 is 0.759 bits per heavy atom. The van der Waals surface area contributed by atoms with Gasteiger partial charge in [-0.3, -0.25) is 0 Å². The van der Waals surface area contributed by atoms with Gasteiger partial charge in [0.05, 0.1) is 16.9 Å². The fraction of sp³-hybridized carbons (Fsp3) is 0.0588. The van der Waals surface area contributed by atoms with Crippen molar-refractivity contribution < 1.29 is 26.6 Å². The van der Waals surface area contributed by atoms with Gasteiger partial charge in [0.1, 0.15) is 5.82 Å². The number of anilines is 4. The Morgan fingerprint density at radius 3 is 1.97 bits per heavy atom. The van der Waals surface area contributed by atoms with E-state index in [4.69, 9.17) is 0 Å². The summed E-state index contributed by atoms with van der Waals surface area (Å²) in [6, 6.07) is 8.33. The quantitative estimate of drug-likeness (QED) is 0.469. The summed E-state index contributed by atoms with van der Waals surface area (Å²) >= 11 is 0. The van der Waals surface area contributed by atoms with Crippen LogP contribution < -0.4 is 10.6 Å². The average molecular weight is 408 g/mol. The van der Waals surface area contributed by atoms with Gasteiger partial charge in [0.25, 0.3) is 0 Å². The number of para-hydroxylation sites is 1. The normalized spacial score (nSPS) is 11.6. The molecule has 12 heteroatoms. The number of fused-ring (bicyclic) bond motifs is 1. The lowest BCUT2D eigenvalue weighted by atomic mass is 10.1. The van der Waals surface area contributed by atoms with Gasteiger partial charge in [-0.25, -0.2) is 23.4 Å². The Balaban J connectivity index is 1.78. The molecule has 0 atom stereocenters. The molecule has 0 saturated carbocycles. The third-order valence-corrected chi connectivity index (χ3v) is 3.80. The van der Waals surface area contributed by atoms with Crippen LogP contribution >= 0.6 is 0 Å². The summed E-state index contributed by atoms with van der Waals surface area (Å²) in [5, 5.41) is 12.1. The molecule has 0 aliphatic rings. The van der Waals surface area contributed by atoms with Crippen molar-refractivity contribution in [2.24, 2.45) is 0 Å². The highest BCUT2D eigenvalue weighted by atomic mass is 19.4. The van der Waals surface area contributed by atoms with Crippen LogP contribution in [0.1, 0.15) is 5.56 Å². The zero-order valence-electron chi connectivity index (χ0n) is 14.1. The van der Waals surface area contributed by atoms with E-state index in [2.05, 4.69) is 35.5 Å². The van der Waals surface area contributed by atoms with Crippen LogP contribution in [0.2, 0.25) is 0 Å². The topological polar surface area (TPSA) is 88.8 Å². The van der Waals surface area contributed by atoms with Crippen molar-refractivity contribution in [3.8, 4) is 0 Å². The molecule has 2 aromatic heterocycles. The largest absolute Gasteiger partial charge is 0.419 e. The molecule has 4 aromatic rings. The molecule has 0 saturated heterocycles. The highest BCUT2D eigenvalue weighted by Gasteiger charge is 2.35. The number of hydrogen-bond donors (Lipinski definition) is 2. The van der Waals surface area contributed by atoms with Crippen LogP contribution in [0.5, 0.6) is 0 Å². The molecule has 148 valence electrons. The second kappa shape index (κ2) is 6.96. The minimum Gasteiger partial charge on any atom is -0.335 e. The van der Waals surface area contributed by atoms with Gasteiger partial charge in [-0.15, -0.1) is 0 Å². The Kier molecular flexibility index (Phi) is 4.45. The standard InChI is InChI=1S/C17H9F5N6O/c18-9-5-1-2-6-10(9)23-13-14(26-16-15(25-13)27-29-28-16)24-11-7-3-4-8(12(11)19)17(20,21)22/h1-7H,(H,23,25,27)(H,24,26,28). The summed E-state index contributed by atoms with van der Waals surface area (Å²) < 4.78 is 71.8. The summed E-state index contributed by atoms with van der Waals surface area (Å²) in [4.78, 5) is 8.07. The number of alkyl halides is 3. The first kappa shape index (κ1) is 18.5. The first-order valence-corrected chi connectivity index (χ1v) is 7.97. The van der Waals surface area contributed by atoms with Crippen molar-refractivity contribution in [3.05, 3.63) is 59.7 Å². The molecule has 0 radical (unpaired) electrons.